The smallest absolute Gasteiger partial charge is 0.287 e. The molecule has 108 valence electrons. The lowest BCUT2D eigenvalue weighted by Gasteiger charge is -2.56. The normalized spacial score (nSPS) is 38.1. The van der Waals surface area contributed by atoms with Gasteiger partial charge in [-0.3, -0.25) is 4.79 Å². The van der Waals surface area contributed by atoms with Crippen molar-refractivity contribution in [2.75, 3.05) is 0 Å². The fraction of sp³-hybridized carbons (Fsp3) is 0.688. The summed E-state index contributed by atoms with van der Waals surface area (Å²) in [5.41, 5.74) is 5.57. The largest absolute Gasteiger partial charge is 0.455 e. The van der Waals surface area contributed by atoms with Gasteiger partial charge < -0.3 is 15.5 Å². The summed E-state index contributed by atoms with van der Waals surface area (Å²) in [4.78, 5) is 12.4. The topological polar surface area (TPSA) is 68.3 Å². The first-order valence-corrected chi connectivity index (χ1v) is 7.77. The summed E-state index contributed by atoms with van der Waals surface area (Å²) in [5.74, 6) is 3.50. The fourth-order valence-electron chi connectivity index (χ4n) is 5.18. The summed E-state index contributed by atoms with van der Waals surface area (Å²) in [5, 5.41) is 3.30. The first-order chi connectivity index (χ1) is 9.66. The van der Waals surface area contributed by atoms with Crippen LogP contribution < -0.4 is 11.1 Å². The van der Waals surface area contributed by atoms with Crippen molar-refractivity contribution >= 4 is 5.91 Å². The molecule has 0 atom stereocenters. The summed E-state index contributed by atoms with van der Waals surface area (Å²) >= 11 is 0. The highest BCUT2D eigenvalue weighted by atomic mass is 16.4. The Morgan fingerprint density at radius 1 is 1.20 bits per heavy atom. The summed E-state index contributed by atoms with van der Waals surface area (Å²) in [7, 11) is 0. The molecule has 1 heterocycles. The lowest BCUT2D eigenvalue weighted by atomic mass is 9.53. The van der Waals surface area contributed by atoms with E-state index in [1.54, 1.807) is 12.1 Å². The van der Waals surface area contributed by atoms with Gasteiger partial charge in [0.05, 0.1) is 6.54 Å². The lowest BCUT2D eigenvalue weighted by molar-refractivity contribution is -0.0171. The molecule has 4 aliphatic carbocycles. The zero-order valence-corrected chi connectivity index (χ0v) is 11.7. The van der Waals surface area contributed by atoms with E-state index in [9.17, 15) is 4.79 Å². The number of carbonyl (C=O) groups is 1. The van der Waals surface area contributed by atoms with E-state index >= 15 is 0 Å². The van der Waals surface area contributed by atoms with Gasteiger partial charge in [-0.05, 0) is 68.4 Å². The van der Waals surface area contributed by atoms with Crippen molar-refractivity contribution < 1.29 is 9.21 Å². The molecule has 4 heteroatoms. The zero-order valence-electron chi connectivity index (χ0n) is 11.7. The van der Waals surface area contributed by atoms with Crippen molar-refractivity contribution in [3.8, 4) is 0 Å². The van der Waals surface area contributed by atoms with E-state index < -0.39 is 0 Å². The van der Waals surface area contributed by atoms with Crippen LogP contribution in [0.5, 0.6) is 0 Å². The van der Waals surface area contributed by atoms with Crippen LogP contribution in [0.4, 0.5) is 0 Å². The van der Waals surface area contributed by atoms with Crippen LogP contribution in [0.25, 0.3) is 0 Å². The minimum atomic E-state index is -0.0633. The number of amides is 1. The molecule has 0 aromatic carbocycles. The Morgan fingerprint density at radius 3 is 2.30 bits per heavy atom. The Hall–Kier alpha value is -1.29. The number of nitrogens with one attached hydrogen (secondary N) is 1. The highest BCUT2D eigenvalue weighted by Gasteiger charge is 2.51. The molecule has 0 unspecified atom stereocenters. The number of carbonyl (C=O) groups excluding carboxylic acids is 1. The van der Waals surface area contributed by atoms with Gasteiger partial charge >= 0.3 is 0 Å². The molecule has 3 N–H and O–H groups in total. The molecule has 4 fully saturated rings. The Labute approximate surface area is 119 Å². The minimum absolute atomic E-state index is 0.0432. The maximum absolute atomic E-state index is 12.4. The SMILES string of the molecule is NCc1ccc(C(=O)NC23CC4CC(CC(C4)C2)C3)o1. The second-order valence-electron chi connectivity index (χ2n) is 7.12. The second kappa shape index (κ2) is 4.35. The zero-order chi connectivity index (χ0) is 13.7. The van der Waals surface area contributed by atoms with Gasteiger partial charge in [-0.25, -0.2) is 0 Å². The monoisotopic (exact) mass is 274 g/mol. The molecule has 4 nitrogen and oxygen atoms in total. The number of rotatable bonds is 3. The van der Waals surface area contributed by atoms with Crippen molar-refractivity contribution in [1.29, 1.82) is 0 Å². The van der Waals surface area contributed by atoms with E-state index in [1.807, 2.05) is 0 Å². The predicted molar refractivity (Wildman–Crippen MR) is 75.0 cm³/mol. The van der Waals surface area contributed by atoms with Crippen LogP contribution in [-0.4, -0.2) is 11.4 Å². The third-order valence-electron chi connectivity index (χ3n) is 5.50. The van der Waals surface area contributed by atoms with E-state index in [-0.39, 0.29) is 11.4 Å². The number of hydrogen-bond acceptors (Lipinski definition) is 3. The van der Waals surface area contributed by atoms with Crippen LogP contribution >= 0.6 is 0 Å². The summed E-state index contributed by atoms with van der Waals surface area (Å²) in [6, 6.07) is 3.52. The van der Waals surface area contributed by atoms with Gasteiger partial charge in [-0.15, -0.1) is 0 Å². The standard InChI is InChI=1S/C16H22N2O2/c17-9-13-1-2-14(20-13)15(19)18-16-6-10-3-11(7-16)5-12(4-10)8-16/h1-2,10-12H,3-9,17H2,(H,18,19). The third-order valence-corrected chi connectivity index (χ3v) is 5.50. The molecule has 1 amide bonds. The molecule has 4 saturated carbocycles. The Morgan fingerprint density at radius 2 is 1.80 bits per heavy atom. The van der Waals surface area contributed by atoms with E-state index in [2.05, 4.69) is 5.32 Å². The fourth-order valence-corrected chi connectivity index (χ4v) is 5.18. The summed E-state index contributed by atoms with van der Waals surface area (Å²) in [6.07, 6.45) is 7.63. The van der Waals surface area contributed by atoms with Crippen LogP contribution in [0, 0.1) is 17.8 Å². The number of hydrogen-bond donors (Lipinski definition) is 2. The maximum atomic E-state index is 12.4. The van der Waals surface area contributed by atoms with Gasteiger partial charge in [-0.1, -0.05) is 0 Å². The lowest BCUT2D eigenvalue weighted by Crippen LogP contribution is -2.59. The van der Waals surface area contributed by atoms with Crippen LogP contribution in [-0.2, 0) is 6.54 Å². The molecule has 0 saturated heterocycles. The summed E-state index contributed by atoms with van der Waals surface area (Å²) in [6.45, 7) is 0.338. The van der Waals surface area contributed by atoms with Crippen molar-refractivity contribution in [1.82, 2.24) is 5.32 Å². The average molecular weight is 274 g/mol. The highest BCUT2D eigenvalue weighted by Crippen LogP contribution is 2.55. The van der Waals surface area contributed by atoms with Crippen molar-refractivity contribution in [2.24, 2.45) is 23.5 Å². The van der Waals surface area contributed by atoms with E-state index in [0.29, 0.717) is 18.1 Å². The second-order valence-corrected chi connectivity index (χ2v) is 7.12. The summed E-state index contributed by atoms with van der Waals surface area (Å²) < 4.78 is 5.47. The van der Waals surface area contributed by atoms with E-state index in [4.69, 9.17) is 10.2 Å². The number of nitrogens with two attached hydrogens (primary N) is 1. The van der Waals surface area contributed by atoms with Gasteiger partial charge in [0, 0.05) is 5.54 Å². The first-order valence-electron chi connectivity index (χ1n) is 7.77. The Kier molecular flexibility index (Phi) is 2.71. The molecule has 0 aliphatic heterocycles. The van der Waals surface area contributed by atoms with Crippen LogP contribution in [0.2, 0.25) is 0 Å². The number of furan rings is 1. The van der Waals surface area contributed by atoms with Crippen molar-refractivity contribution in [3.05, 3.63) is 23.7 Å². The predicted octanol–water partition coefficient (Wildman–Crippen LogP) is 2.44. The molecule has 1 aromatic heterocycles. The molecule has 1 aromatic rings. The Bertz CT molecular complexity index is 499. The van der Waals surface area contributed by atoms with E-state index in [0.717, 1.165) is 37.0 Å². The van der Waals surface area contributed by atoms with Crippen molar-refractivity contribution in [3.63, 3.8) is 0 Å². The van der Waals surface area contributed by atoms with Crippen LogP contribution in [0.3, 0.4) is 0 Å². The minimum Gasteiger partial charge on any atom is -0.455 e. The molecule has 4 aliphatic rings. The van der Waals surface area contributed by atoms with Gasteiger partial charge in [0.25, 0.3) is 5.91 Å². The maximum Gasteiger partial charge on any atom is 0.287 e. The quantitative estimate of drug-likeness (QED) is 0.889. The molecule has 5 rings (SSSR count). The molecular formula is C16H22N2O2. The van der Waals surface area contributed by atoms with Gasteiger partial charge in [0.2, 0.25) is 0 Å². The highest BCUT2D eigenvalue weighted by molar-refractivity contribution is 5.92. The molecule has 20 heavy (non-hydrogen) atoms. The van der Waals surface area contributed by atoms with Gasteiger partial charge in [0.15, 0.2) is 5.76 Å². The Balaban J connectivity index is 1.52. The van der Waals surface area contributed by atoms with E-state index in [1.165, 1.54) is 19.3 Å². The van der Waals surface area contributed by atoms with Crippen molar-refractivity contribution in [2.45, 2.75) is 50.6 Å². The molecule has 0 radical (unpaired) electrons. The third kappa shape index (κ3) is 1.97. The molecule has 0 spiro atoms. The van der Waals surface area contributed by atoms with Crippen LogP contribution in [0.15, 0.2) is 16.5 Å². The first kappa shape index (κ1) is 12.5. The molecular weight excluding hydrogens is 252 g/mol. The average Bonchev–Trinajstić information content (AvgIpc) is 2.85. The van der Waals surface area contributed by atoms with Gasteiger partial charge in [-0.2, -0.15) is 0 Å². The van der Waals surface area contributed by atoms with Gasteiger partial charge in [0.1, 0.15) is 5.76 Å². The van der Waals surface area contributed by atoms with Crippen LogP contribution in [0.1, 0.15) is 54.8 Å². The molecule has 4 bridgehead atoms.